The molecule has 0 atom stereocenters. The van der Waals surface area contributed by atoms with Gasteiger partial charge in [-0.1, -0.05) is 117 Å². The molecule has 7 aromatic carbocycles. The lowest BCUT2D eigenvalue weighted by Gasteiger charge is -2.30. The molecule has 0 unspecified atom stereocenters. The van der Waals surface area contributed by atoms with Crippen molar-refractivity contribution >= 4 is 45.2 Å². The fourth-order valence-corrected chi connectivity index (χ4v) is 7.44. The van der Waals surface area contributed by atoms with Crippen molar-refractivity contribution in [3.05, 3.63) is 187 Å². The van der Waals surface area contributed by atoms with E-state index in [9.17, 15) is 0 Å². The minimum absolute atomic E-state index is 0.133. The third-order valence-corrected chi connectivity index (χ3v) is 9.85. The number of benzene rings is 7. The summed E-state index contributed by atoms with van der Waals surface area (Å²) in [4.78, 5) is 9.77. The van der Waals surface area contributed by atoms with Crippen molar-refractivity contribution in [2.75, 3.05) is 9.80 Å². The second-order valence-corrected chi connectivity index (χ2v) is 13.3. The van der Waals surface area contributed by atoms with Crippen molar-refractivity contribution < 1.29 is 4.42 Å². The van der Waals surface area contributed by atoms with E-state index < -0.39 is 0 Å². The number of rotatable bonds is 7. The van der Waals surface area contributed by atoms with E-state index in [2.05, 4.69) is 157 Å². The molecule has 9 rings (SSSR count). The highest BCUT2D eigenvalue weighted by Gasteiger charge is 2.36. The first kappa shape index (κ1) is 29.7. The van der Waals surface area contributed by atoms with Gasteiger partial charge in [-0.2, -0.15) is 0 Å². The molecule has 1 heterocycles. The van der Waals surface area contributed by atoms with E-state index in [1.54, 1.807) is 0 Å². The number of hydrogen-bond donors (Lipinski definition) is 0. The summed E-state index contributed by atoms with van der Waals surface area (Å²) < 4.78 is 6.66. The van der Waals surface area contributed by atoms with Gasteiger partial charge in [-0.3, -0.25) is 0 Å². The molecule has 240 valence electrons. The molecule has 4 nitrogen and oxygen atoms in total. The smallest absolute Gasteiger partial charge is 0.227 e. The van der Waals surface area contributed by atoms with E-state index in [0.717, 1.165) is 45.2 Å². The lowest BCUT2D eigenvalue weighted by atomic mass is 9.82. The molecule has 4 heteroatoms. The summed E-state index contributed by atoms with van der Waals surface area (Å²) in [7, 11) is 0. The van der Waals surface area contributed by atoms with Gasteiger partial charge in [-0.05, 0) is 89.0 Å². The summed E-state index contributed by atoms with van der Waals surface area (Å²) in [6.07, 6.45) is 0. The molecule has 0 saturated heterocycles. The fraction of sp³-hybridized carbons (Fsp3) is 0.0652. The van der Waals surface area contributed by atoms with Crippen LogP contribution in [0.5, 0.6) is 0 Å². The Hall–Kier alpha value is -6.39. The zero-order valence-electron chi connectivity index (χ0n) is 28.0. The highest BCUT2D eigenvalue weighted by Crippen LogP contribution is 2.51. The van der Waals surface area contributed by atoms with Gasteiger partial charge in [0.25, 0.3) is 0 Å². The van der Waals surface area contributed by atoms with Gasteiger partial charge in [0.15, 0.2) is 5.58 Å². The van der Waals surface area contributed by atoms with Gasteiger partial charge >= 0.3 is 0 Å². The standard InChI is InChI=1S/C46H35N3O/c1-46(2)40-26-16-15-25-38(40)39-28-27-36(29-41(39)46)48(33-19-9-4-10-20-33)37-30-42(44-43(31-37)50-45(47-44)32-17-7-3-8-18-32)49(34-21-11-5-12-22-34)35-23-13-6-14-24-35/h3-31H,1-2H3. The van der Waals surface area contributed by atoms with Crippen molar-refractivity contribution in [3.63, 3.8) is 0 Å². The Morgan fingerprint density at radius 3 is 1.64 bits per heavy atom. The number of anilines is 6. The summed E-state index contributed by atoms with van der Waals surface area (Å²) >= 11 is 0. The molecule has 0 spiro atoms. The third kappa shape index (κ3) is 4.96. The molecule has 0 N–H and O–H groups in total. The highest BCUT2D eigenvalue weighted by molar-refractivity contribution is 5.99. The highest BCUT2D eigenvalue weighted by atomic mass is 16.3. The van der Waals surface area contributed by atoms with Gasteiger partial charge in [0.05, 0.1) is 11.4 Å². The lowest BCUT2D eigenvalue weighted by Crippen LogP contribution is -2.17. The van der Waals surface area contributed by atoms with Gasteiger partial charge in [0.2, 0.25) is 5.89 Å². The van der Waals surface area contributed by atoms with E-state index in [4.69, 9.17) is 9.40 Å². The lowest BCUT2D eigenvalue weighted by molar-refractivity contribution is 0.620. The molecule has 1 aliphatic rings. The summed E-state index contributed by atoms with van der Waals surface area (Å²) in [5, 5.41) is 0. The molecular weight excluding hydrogens is 611 g/mol. The number of oxazole rings is 1. The van der Waals surface area contributed by atoms with E-state index in [-0.39, 0.29) is 5.41 Å². The van der Waals surface area contributed by atoms with Crippen LogP contribution in [0.1, 0.15) is 25.0 Å². The second-order valence-electron chi connectivity index (χ2n) is 13.3. The van der Waals surface area contributed by atoms with Crippen molar-refractivity contribution in [2.24, 2.45) is 0 Å². The molecule has 0 saturated carbocycles. The van der Waals surface area contributed by atoms with Gasteiger partial charge in [0, 0.05) is 39.8 Å². The number of nitrogens with zero attached hydrogens (tertiary/aromatic N) is 3. The van der Waals surface area contributed by atoms with Crippen LogP contribution in [-0.2, 0) is 5.41 Å². The van der Waals surface area contributed by atoms with Crippen molar-refractivity contribution in [1.82, 2.24) is 4.98 Å². The minimum Gasteiger partial charge on any atom is -0.436 e. The Morgan fingerprint density at radius 2 is 1.00 bits per heavy atom. The summed E-state index contributed by atoms with van der Waals surface area (Å²) in [5.41, 5.74) is 13.7. The Kier molecular flexibility index (Phi) is 7.10. The molecule has 50 heavy (non-hydrogen) atoms. The van der Waals surface area contributed by atoms with Crippen LogP contribution in [0.15, 0.2) is 180 Å². The second kappa shape index (κ2) is 11.9. The molecule has 0 aliphatic heterocycles. The number of fused-ring (bicyclic) bond motifs is 4. The van der Waals surface area contributed by atoms with Crippen molar-refractivity contribution in [2.45, 2.75) is 19.3 Å². The number of para-hydroxylation sites is 3. The molecule has 8 aromatic rings. The van der Waals surface area contributed by atoms with Gasteiger partial charge in [-0.25, -0.2) is 4.98 Å². The number of aromatic nitrogens is 1. The van der Waals surface area contributed by atoms with Gasteiger partial charge < -0.3 is 14.2 Å². The van der Waals surface area contributed by atoms with Crippen LogP contribution in [-0.4, -0.2) is 4.98 Å². The van der Waals surface area contributed by atoms with E-state index in [1.807, 2.05) is 42.5 Å². The normalized spacial score (nSPS) is 12.8. The first-order chi connectivity index (χ1) is 24.6. The molecule has 1 aromatic heterocycles. The maximum atomic E-state index is 6.66. The predicted molar refractivity (Wildman–Crippen MR) is 206 cm³/mol. The van der Waals surface area contributed by atoms with Crippen molar-refractivity contribution in [3.8, 4) is 22.6 Å². The molecule has 0 radical (unpaired) electrons. The summed E-state index contributed by atoms with van der Waals surface area (Å²) in [6.45, 7) is 4.66. The number of hydrogen-bond acceptors (Lipinski definition) is 4. The van der Waals surface area contributed by atoms with Crippen LogP contribution in [0.4, 0.5) is 34.1 Å². The predicted octanol–water partition coefficient (Wildman–Crippen LogP) is 12.7. The fourth-order valence-electron chi connectivity index (χ4n) is 7.44. The monoisotopic (exact) mass is 645 g/mol. The zero-order chi connectivity index (χ0) is 33.7. The van der Waals surface area contributed by atoms with E-state index >= 15 is 0 Å². The summed E-state index contributed by atoms with van der Waals surface area (Å²) in [6, 6.07) is 61.7. The average molecular weight is 646 g/mol. The average Bonchev–Trinajstić information content (AvgIpc) is 3.70. The quantitative estimate of drug-likeness (QED) is 0.173. The Labute approximate surface area is 292 Å². The van der Waals surface area contributed by atoms with Crippen LogP contribution in [0, 0.1) is 0 Å². The SMILES string of the molecule is CC1(C)c2ccccc2-c2ccc(N(c3ccccc3)c3cc(N(c4ccccc4)c4ccccc4)c4nc(-c5ccccc5)oc4c3)cc21. The third-order valence-electron chi connectivity index (χ3n) is 9.85. The van der Waals surface area contributed by atoms with Crippen LogP contribution >= 0.6 is 0 Å². The van der Waals surface area contributed by atoms with Crippen LogP contribution < -0.4 is 9.80 Å². The zero-order valence-corrected chi connectivity index (χ0v) is 28.0. The van der Waals surface area contributed by atoms with Gasteiger partial charge in [-0.15, -0.1) is 0 Å². The van der Waals surface area contributed by atoms with Crippen molar-refractivity contribution in [1.29, 1.82) is 0 Å². The maximum absolute atomic E-state index is 6.66. The van der Waals surface area contributed by atoms with Gasteiger partial charge in [0.1, 0.15) is 5.52 Å². The Morgan fingerprint density at radius 1 is 0.460 bits per heavy atom. The van der Waals surface area contributed by atoms with E-state index in [0.29, 0.717) is 11.5 Å². The summed E-state index contributed by atoms with van der Waals surface area (Å²) in [5.74, 6) is 0.586. The first-order valence-electron chi connectivity index (χ1n) is 17.1. The molecule has 0 amide bonds. The Bertz CT molecular complexity index is 2410. The molecular formula is C46H35N3O. The topological polar surface area (TPSA) is 32.5 Å². The van der Waals surface area contributed by atoms with Crippen LogP contribution in [0.3, 0.4) is 0 Å². The largest absolute Gasteiger partial charge is 0.436 e. The first-order valence-corrected chi connectivity index (χ1v) is 17.1. The Balaban J connectivity index is 1.31. The molecule has 0 fully saturated rings. The van der Waals surface area contributed by atoms with E-state index in [1.165, 1.54) is 22.3 Å². The minimum atomic E-state index is -0.133. The van der Waals surface area contributed by atoms with Crippen LogP contribution in [0.2, 0.25) is 0 Å². The molecule has 1 aliphatic carbocycles. The molecule has 0 bridgehead atoms. The maximum Gasteiger partial charge on any atom is 0.227 e. The van der Waals surface area contributed by atoms with Crippen LogP contribution in [0.25, 0.3) is 33.7 Å².